The number of hydrogen-bond acceptors (Lipinski definition) is 3. The van der Waals surface area contributed by atoms with Gasteiger partial charge in [-0.25, -0.2) is 0 Å². The molecule has 3 rings (SSSR count). The van der Waals surface area contributed by atoms with Gasteiger partial charge in [-0.05, 0) is 29.7 Å². The van der Waals surface area contributed by atoms with Gasteiger partial charge in [0, 0.05) is 37.3 Å². The number of fused-ring (bicyclic) bond motifs is 1. The molecule has 0 aliphatic carbocycles. The van der Waals surface area contributed by atoms with Crippen LogP contribution < -0.4 is 10.5 Å². The number of nitrogens with two attached hydrogens (primary N) is 1. The summed E-state index contributed by atoms with van der Waals surface area (Å²) in [4.78, 5) is 2.52. The Morgan fingerprint density at radius 3 is 2.77 bits per heavy atom. The van der Waals surface area contributed by atoms with E-state index in [2.05, 4.69) is 36.1 Å². The number of anilines is 1. The number of ether oxygens (including phenoxy) is 1. The molecule has 1 unspecified atom stereocenters. The van der Waals surface area contributed by atoms with E-state index in [4.69, 9.17) is 10.5 Å². The topological polar surface area (TPSA) is 38.5 Å². The lowest BCUT2D eigenvalue weighted by atomic mass is 9.99. The van der Waals surface area contributed by atoms with Crippen molar-refractivity contribution in [1.82, 2.24) is 4.90 Å². The van der Waals surface area contributed by atoms with Crippen molar-refractivity contribution in [2.45, 2.75) is 19.9 Å². The summed E-state index contributed by atoms with van der Waals surface area (Å²) in [6.07, 6.45) is 1.15. The number of benzene rings is 2. The van der Waals surface area contributed by atoms with E-state index in [-0.39, 0.29) is 0 Å². The third kappa shape index (κ3) is 3.80. The van der Waals surface area contributed by atoms with Gasteiger partial charge in [-0.2, -0.15) is 0 Å². The van der Waals surface area contributed by atoms with Crippen LogP contribution in [0.1, 0.15) is 18.1 Å². The predicted molar refractivity (Wildman–Crippen MR) is 90.9 cm³/mol. The van der Waals surface area contributed by atoms with Gasteiger partial charge in [0.1, 0.15) is 5.75 Å². The molecule has 1 atom stereocenters. The summed E-state index contributed by atoms with van der Waals surface area (Å²) in [5, 5.41) is 0. The summed E-state index contributed by atoms with van der Waals surface area (Å²) in [6.45, 7) is 6.23. The molecule has 3 nitrogen and oxygen atoms in total. The summed E-state index contributed by atoms with van der Waals surface area (Å²) in [6, 6.07) is 16.4. The standard InChI is InChI=1S/C19H24N2O/c1-15(14-22-19-8-4-7-18(20)11-19)12-21-10-9-16-5-2-3-6-17(16)13-21/h2-8,11,15H,9-10,12-14,20H2,1H3. The largest absolute Gasteiger partial charge is 0.493 e. The normalized spacial score (nSPS) is 16.0. The second-order valence-corrected chi connectivity index (χ2v) is 6.24. The fourth-order valence-electron chi connectivity index (χ4n) is 3.05. The highest BCUT2D eigenvalue weighted by atomic mass is 16.5. The van der Waals surface area contributed by atoms with Crippen LogP contribution in [0, 0.1) is 5.92 Å². The van der Waals surface area contributed by atoms with Crippen LogP contribution in [-0.4, -0.2) is 24.6 Å². The van der Waals surface area contributed by atoms with E-state index in [9.17, 15) is 0 Å². The molecular formula is C19H24N2O. The van der Waals surface area contributed by atoms with Crippen LogP contribution in [0.15, 0.2) is 48.5 Å². The number of nitrogen functional groups attached to an aromatic ring is 1. The van der Waals surface area contributed by atoms with E-state index >= 15 is 0 Å². The van der Waals surface area contributed by atoms with Crippen molar-refractivity contribution in [3.05, 3.63) is 59.7 Å². The predicted octanol–water partition coefficient (Wildman–Crippen LogP) is 3.34. The number of nitrogens with zero attached hydrogens (tertiary/aromatic N) is 1. The molecular weight excluding hydrogens is 272 g/mol. The third-order valence-electron chi connectivity index (χ3n) is 4.17. The van der Waals surface area contributed by atoms with Crippen LogP contribution in [0.4, 0.5) is 5.69 Å². The van der Waals surface area contributed by atoms with E-state index in [0.717, 1.165) is 44.1 Å². The minimum Gasteiger partial charge on any atom is -0.493 e. The highest BCUT2D eigenvalue weighted by molar-refractivity contribution is 5.43. The lowest BCUT2D eigenvalue weighted by Crippen LogP contribution is -2.35. The summed E-state index contributed by atoms with van der Waals surface area (Å²) < 4.78 is 5.85. The molecule has 0 saturated carbocycles. The second-order valence-electron chi connectivity index (χ2n) is 6.24. The van der Waals surface area contributed by atoms with Crippen LogP contribution in [0.5, 0.6) is 5.75 Å². The lowest BCUT2D eigenvalue weighted by molar-refractivity contribution is 0.174. The maximum atomic E-state index is 5.85. The third-order valence-corrected chi connectivity index (χ3v) is 4.17. The van der Waals surface area contributed by atoms with Crippen LogP contribution in [0.25, 0.3) is 0 Å². The van der Waals surface area contributed by atoms with Crippen molar-refractivity contribution in [1.29, 1.82) is 0 Å². The molecule has 0 fully saturated rings. The second kappa shape index (κ2) is 6.84. The van der Waals surface area contributed by atoms with Crippen molar-refractivity contribution in [3.63, 3.8) is 0 Å². The Balaban J connectivity index is 1.49. The maximum Gasteiger partial charge on any atom is 0.121 e. The summed E-state index contributed by atoms with van der Waals surface area (Å²) >= 11 is 0. The van der Waals surface area contributed by atoms with E-state index < -0.39 is 0 Å². The zero-order chi connectivity index (χ0) is 15.4. The average Bonchev–Trinajstić information content (AvgIpc) is 2.53. The molecule has 1 aliphatic heterocycles. The molecule has 0 bridgehead atoms. The molecule has 1 aliphatic rings. The number of rotatable bonds is 5. The van der Waals surface area contributed by atoms with Crippen molar-refractivity contribution >= 4 is 5.69 Å². The van der Waals surface area contributed by atoms with Crippen molar-refractivity contribution in [2.24, 2.45) is 5.92 Å². The molecule has 3 heteroatoms. The highest BCUT2D eigenvalue weighted by Crippen LogP contribution is 2.20. The molecule has 0 spiro atoms. The van der Waals surface area contributed by atoms with Crippen molar-refractivity contribution in [2.75, 3.05) is 25.4 Å². The Bertz CT molecular complexity index is 626. The first-order chi connectivity index (χ1) is 10.7. The van der Waals surface area contributed by atoms with Gasteiger partial charge in [-0.3, -0.25) is 4.90 Å². The smallest absolute Gasteiger partial charge is 0.121 e. The lowest BCUT2D eigenvalue weighted by Gasteiger charge is -2.30. The van der Waals surface area contributed by atoms with Crippen LogP contribution in [-0.2, 0) is 13.0 Å². The minimum absolute atomic E-state index is 0.492. The van der Waals surface area contributed by atoms with E-state index in [1.807, 2.05) is 24.3 Å². The Morgan fingerprint density at radius 1 is 1.14 bits per heavy atom. The van der Waals surface area contributed by atoms with E-state index in [0.29, 0.717) is 5.92 Å². The fraction of sp³-hybridized carbons (Fsp3) is 0.368. The Labute approximate surface area is 132 Å². The van der Waals surface area contributed by atoms with Crippen LogP contribution >= 0.6 is 0 Å². The van der Waals surface area contributed by atoms with Crippen molar-refractivity contribution in [3.8, 4) is 5.75 Å². The Morgan fingerprint density at radius 2 is 1.95 bits per heavy atom. The number of hydrogen-bond donors (Lipinski definition) is 1. The first kappa shape index (κ1) is 14.9. The zero-order valence-corrected chi connectivity index (χ0v) is 13.2. The molecule has 116 valence electrons. The van der Waals surface area contributed by atoms with Gasteiger partial charge in [0.2, 0.25) is 0 Å². The molecule has 2 aromatic rings. The SMILES string of the molecule is CC(COc1cccc(N)c1)CN1CCc2ccccc2C1. The molecule has 0 saturated heterocycles. The molecule has 0 amide bonds. The molecule has 22 heavy (non-hydrogen) atoms. The average molecular weight is 296 g/mol. The summed E-state index contributed by atoms with van der Waals surface area (Å²) in [7, 11) is 0. The van der Waals surface area contributed by atoms with Gasteiger partial charge in [-0.15, -0.1) is 0 Å². The van der Waals surface area contributed by atoms with Gasteiger partial charge in [0.15, 0.2) is 0 Å². The van der Waals surface area contributed by atoms with Gasteiger partial charge < -0.3 is 10.5 Å². The van der Waals surface area contributed by atoms with E-state index in [1.165, 1.54) is 11.1 Å². The monoisotopic (exact) mass is 296 g/mol. The molecule has 1 heterocycles. The quantitative estimate of drug-likeness (QED) is 0.860. The van der Waals surface area contributed by atoms with Crippen LogP contribution in [0.2, 0.25) is 0 Å². The van der Waals surface area contributed by atoms with E-state index in [1.54, 1.807) is 0 Å². The minimum atomic E-state index is 0.492. The summed E-state index contributed by atoms with van der Waals surface area (Å²) in [5.74, 6) is 1.35. The zero-order valence-electron chi connectivity index (χ0n) is 13.2. The highest BCUT2D eigenvalue weighted by Gasteiger charge is 2.17. The van der Waals surface area contributed by atoms with Gasteiger partial charge >= 0.3 is 0 Å². The van der Waals surface area contributed by atoms with Gasteiger partial charge in [0.05, 0.1) is 6.61 Å². The molecule has 2 aromatic carbocycles. The molecule has 0 aromatic heterocycles. The Kier molecular flexibility index (Phi) is 4.64. The Hall–Kier alpha value is -2.00. The maximum absolute atomic E-state index is 5.85. The first-order valence-corrected chi connectivity index (χ1v) is 7.98. The summed E-state index contributed by atoms with van der Waals surface area (Å²) in [5.41, 5.74) is 9.49. The van der Waals surface area contributed by atoms with Gasteiger partial charge in [0.25, 0.3) is 0 Å². The van der Waals surface area contributed by atoms with Crippen molar-refractivity contribution < 1.29 is 4.74 Å². The molecule has 2 N–H and O–H groups in total. The first-order valence-electron chi connectivity index (χ1n) is 7.98. The van der Waals surface area contributed by atoms with Gasteiger partial charge in [-0.1, -0.05) is 37.3 Å². The molecule has 0 radical (unpaired) electrons. The fourth-order valence-corrected chi connectivity index (χ4v) is 3.05. The van der Waals surface area contributed by atoms with Crippen LogP contribution in [0.3, 0.4) is 0 Å².